The average Bonchev–Trinajstić information content (AvgIpc) is 2.23. The minimum absolute atomic E-state index is 0.0890. The molecule has 0 aromatic rings. The maximum Gasteiger partial charge on any atom is 0.326 e. The van der Waals surface area contributed by atoms with Crippen LogP contribution in [0.3, 0.4) is 0 Å². The number of carbonyl (C=O) groups is 2. The van der Waals surface area contributed by atoms with Crippen LogP contribution in [0.4, 0.5) is 0 Å². The van der Waals surface area contributed by atoms with Crippen molar-refractivity contribution in [2.45, 2.75) is 52.6 Å². The molecule has 0 heterocycles. The van der Waals surface area contributed by atoms with E-state index in [0.717, 1.165) is 0 Å². The van der Waals surface area contributed by atoms with Crippen LogP contribution in [0.15, 0.2) is 0 Å². The van der Waals surface area contributed by atoms with Gasteiger partial charge in [-0.15, -0.1) is 0 Å². The van der Waals surface area contributed by atoms with Gasteiger partial charge in [0.25, 0.3) is 0 Å². The normalized spacial score (nSPS) is 15.1. The van der Waals surface area contributed by atoms with Crippen molar-refractivity contribution in [1.82, 2.24) is 10.6 Å². The first-order chi connectivity index (χ1) is 7.76. The molecule has 0 spiro atoms. The number of carboxylic acids is 1. The van der Waals surface area contributed by atoms with Crippen LogP contribution in [0.1, 0.15) is 41.0 Å². The highest BCUT2D eigenvalue weighted by Gasteiger charge is 2.32. The number of amides is 1. The Morgan fingerprint density at radius 2 is 1.82 bits per heavy atom. The van der Waals surface area contributed by atoms with E-state index in [1.165, 1.54) is 0 Å². The SMILES string of the molecule is CCNC(C)(C)C(=O)N[C@H](C(=O)O)[C@@H](C)CC. The van der Waals surface area contributed by atoms with E-state index in [1.807, 2.05) is 20.8 Å². The zero-order valence-corrected chi connectivity index (χ0v) is 11.3. The highest BCUT2D eigenvalue weighted by atomic mass is 16.4. The van der Waals surface area contributed by atoms with E-state index in [1.54, 1.807) is 13.8 Å². The van der Waals surface area contributed by atoms with E-state index < -0.39 is 17.6 Å². The summed E-state index contributed by atoms with van der Waals surface area (Å²) in [5.41, 5.74) is -0.754. The van der Waals surface area contributed by atoms with Crippen LogP contribution < -0.4 is 10.6 Å². The molecule has 0 rings (SSSR count). The lowest BCUT2D eigenvalue weighted by Crippen LogP contribution is -2.57. The van der Waals surface area contributed by atoms with E-state index in [4.69, 9.17) is 5.11 Å². The van der Waals surface area contributed by atoms with Crippen LogP contribution in [0.25, 0.3) is 0 Å². The summed E-state index contributed by atoms with van der Waals surface area (Å²) in [6.45, 7) is 9.75. The van der Waals surface area contributed by atoms with Gasteiger partial charge >= 0.3 is 5.97 Å². The second-order valence-corrected chi connectivity index (χ2v) is 4.83. The average molecular weight is 244 g/mol. The molecule has 100 valence electrons. The Morgan fingerprint density at radius 3 is 2.18 bits per heavy atom. The van der Waals surface area contributed by atoms with Gasteiger partial charge in [0.2, 0.25) is 5.91 Å². The summed E-state index contributed by atoms with van der Waals surface area (Å²) < 4.78 is 0. The van der Waals surface area contributed by atoms with Crippen molar-refractivity contribution in [3.8, 4) is 0 Å². The van der Waals surface area contributed by atoms with Crippen molar-refractivity contribution in [3.63, 3.8) is 0 Å². The number of carbonyl (C=O) groups excluding carboxylic acids is 1. The van der Waals surface area contributed by atoms with Crippen molar-refractivity contribution in [3.05, 3.63) is 0 Å². The predicted octanol–water partition coefficient (Wildman–Crippen LogP) is 0.990. The lowest BCUT2D eigenvalue weighted by atomic mass is 9.97. The summed E-state index contributed by atoms with van der Waals surface area (Å²) in [7, 11) is 0. The number of likely N-dealkylation sites (N-methyl/N-ethyl adjacent to an activating group) is 1. The van der Waals surface area contributed by atoms with E-state index in [0.29, 0.717) is 13.0 Å². The van der Waals surface area contributed by atoms with Crippen LogP contribution in [-0.4, -0.2) is 35.1 Å². The van der Waals surface area contributed by atoms with Crippen LogP contribution in [-0.2, 0) is 9.59 Å². The lowest BCUT2D eigenvalue weighted by molar-refractivity contribution is -0.144. The molecule has 0 fully saturated rings. The lowest BCUT2D eigenvalue weighted by Gasteiger charge is -2.28. The predicted molar refractivity (Wildman–Crippen MR) is 66.8 cm³/mol. The maximum absolute atomic E-state index is 12.0. The number of hydrogen-bond acceptors (Lipinski definition) is 3. The first-order valence-electron chi connectivity index (χ1n) is 6.05. The van der Waals surface area contributed by atoms with Crippen molar-refractivity contribution in [2.75, 3.05) is 6.54 Å². The molecular weight excluding hydrogens is 220 g/mol. The van der Waals surface area contributed by atoms with E-state index in [9.17, 15) is 9.59 Å². The van der Waals surface area contributed by atoms with Gasteiger partial charge in [0.1, 0.15) is 6.04 Å². The summed E-state index contributed by atoms with van der Waals surface area (Å²) in [6.07, 6.45) is 0.707. The molecule has 0 aliphatic rings. The number of carboxylic acid groups (broad SMARTS) is 1. The fraction of sp³-hybridized carbons (Fsp3) is 0.833. The summed E-state index contributed by atoms with van der Waals surface area (Å²) in [6, 6.07) is -0.828. The third-order valence-corrected chi connectivity index (χ3v) is 2.95. The molecule has 17 heavy (non-hydrogen) atoms. The smallest absolute Gasteiger partial charge is 0.326 e. The van der Waals surface area contributed by atoms with Gasteiger partial charge in [0, 0.05) is 0 Å². The fourth-order valence-corrected chi connectivity index (χ4v) is 1.53. The molecule has 5 nitrogen and oxygen atoms in total. The standard InChI is InChI=1S/C12H24N2O3/c1-6-8(3)9(10(15)16)14-11(17)12(4,5)13-7-2/h8-9,13H,6-7H2,1-5H3,(H,14,17)(H,15,16)/t8-,9-/m0/s1. The molecule has 1 amide bonds. The van der Waals surface area contributed by atoms with Gasteiger partial charge in [0.15, 0.2) is 0 Å². The van der Waals surface area contributed by atoms with Crippen LogP contribution in [0.2, 0.25) is 0 Å². The van der Waals surface area contributed by atoms with Crippen molar-refractivity contribution in [1.29, 1.82) is 0 Å². The molecule has 0 aliphatic heterocycles. The summed E-state index contributed by atoms with van der Waals surface area (Å²) in [5, 5.41) is 14.7. The molecule has 0 saturated heterocycles. The van der Waals surface area contributed by atoms with Gasteiger partial charge in [0.05, 0.1) is 5.54 Å². The second kappa shape index (κ2) is 6.59. The van der Waals surface area contributed by atoms with E-state index in [-0.39, 0.29) is 11.8 Å². The third kappa shape index (κ3) is 4.73. The number of rotatable bonds is 7. The van der Waals surface area contributed by atoms with Crippen LogP contribution in [0, 0.1) is 5.92 Å². The third-order valence-electron chi connectivity index (χ3n) is 2.95. The summed E-state index contributed by atoms with van der Waals surface area (Å²) in [4.78, 5) is 23.0. The Labute approximate surface area is 103 Å². The summed E-state index contributed by atoms with van der Waals surface area (Å²) in [5.74, 6) is -1.36. The first-order valence-corrected chi connectivity index (χ1v) is 6.05. The number of nitrogens with one attached hydrogen (secondary N) is 2. The van der Waals surface area contributed by atoms with Crippen molar-refractivity contribution < 1.29 is 14.7 Å². The van der Waals surface area contributed by atoms with Gasteiger partial charge in [-0.25, -0.2) is 4.79 Å². The zero-order valence-electron chi connectivity index (χ0n) is 11.3. The Morgan fingerprint density at radius 1 is 1.29 bits per heavy atom. The molecule has 0 bridgehead atoms. The molecule has 2 atom stereocenters. The van der Waals surface area contributed by atoms with E-state index in [2.05, 4.69) is 10.6 Å². The van der Waals surface area contributed by atoms with Crippen LogP contribution >= 0.6 is 0 Å². The van der Waals surface area contributed by atoms with E-state index >= 15 is 0 Å². The highest BCUT2D eigenvalue weighted by molar-refractivity contribution is 5.89. The zero-order chi connectivity index (χ0) is 13.6. The van der Waals surface area contributed by atoms with Gasteiger partial charge < -0.3 is 15.7 Å². The molecule has 5 heteroatoms. The molecule has 0 aromatic heterocycles. The maximum atomic E-state index is 12.0. The monoisotopic (exact) mass is 244 g/mol. The van der Waals surface area contributed by atoms with Crippen molar-refractivity contribution >= 4 is 11.9 Å². The van der Waals surface area contributed by atoms with Crippen molar-refractivity contribution in [2.24, 2.45) is 5.92 Å². The van der Waals surface area contributed by atoms with Gasteiger partial charge in [-0.1, -0.05) is 27.2 Å². The van der Waals surface area contributed by atoms with Crippen LogP contribution in [0.5, 0.6) is 0 Å². The topological polar surface area (TPSA) is 78.4 Å². The van der Waals surface area contributed by atoms with Gasteiger partial charge in [-0.2, -0.15) is 0 Å². The largest absolute Gasteiger partial charge is 0.480 e. The molecule has 0 unspecified atom stereocenters. The minimum atomic E-state index is -0.986. The highest BCUT2D eigenvalue weighted by Crippen LogP contribution is 2.10. The minimum Gasteiger partial charge on any atom is -0.480 e. The molecular formula is C12H24N2O3. The Kier molecular flexibility index (Phi) is 6.16. The molecule has 0 aliphatic carbocycles. The number of aliphatic carboxylic acids is 1. The van der Waals surface area contributed by atoms with Gasteiger partial charge in [-0.3, -0.25) is 4.79 Å². The second-order valence-electron chi connectivity index (χ2n) is 4.83. The first kappa shape index (κ1) is 15.9. The molecule has 0 saturated carbocycles. The Hall–Kier alpha value is -1.10. The molecule has 3 N–H and O–H groups in total. The van der Waals surface area contributed by atoms with Gasteiger partial charge in [-0.05, 0) is 26.3 Å². The summed E-state index contributed by atoms with van der Waals surface area (Å²) >= 11 is 0. The number of hydrogen-bond donors (Lipinski definition) is 3. The molecule has 0 radical (unpaired) electrons. The fourth-order valence-electron chi connectivity index (χ4n) is 1.53. The molecule has 0 aromatic carbocycles. The Balaban J connectivity index is 4.67. The quantitative estimate of drug-likeness (QED) is 0.624. The Bertz CT molecular complexity index is 277.